The molecular weight excluding hydrogens is 528 g/mol. The highest BCUT2D eigenvalue weighted by molar-refractivity contribution is 5.26. The summed E-state index contributed by atoms with van der Waals surface area (Å²) in [5.41, 5.74) is 2.20. The second-order valence-corrected chi connectivity index (χ2v) is 15.0. The molecule has 0 spiro atoms. The summed E-state index contributed by atoms with van der Waals surface area (Å²) in [6.07, 6.45) is 15.8. The van der Waals surface area contributed by atoms with Gasteiger partial charge in [-0.05, 0) is 117 Å². The van der Waals surface area contributed by atoms with Crippen LogP contribution in [-0.2, 0) is 9.47 Å². The van der Waals surface area contributed by atoms with Gasteiger partial charge >= 0.3 is 0 Å². The van der Waals surface area contributed by atoms with Crippen LogP contribution in [0, 0.1) is 46.3 Å². The summed E-state index contributed by atoms with van der Waals surface area (Å²) in [7, 11) is 0. The molecule has 5 rings (SSSR count). The fourth-order valence-electron chi connectivity index (χ4n) is 10.8. The highest BCUT2D eigenvalue weighted by atomic mass is 16.7. The van der Waals surface area contributed by atoms with Crippen LogP contribution >= 0.6 is 0 Å². The van der Waals surface area contributed by atoms with E-state index in [1.807, 2.05) is 0 Å². The van der Waals surface area contributed by atoms with Crippen LogP contribution in [0.5, 0.6) is 0 Å². The van der Waals surface area contributed by atoms with Gasteiger partial charge in [-0.25, -0.2) is 0 Å². The zero-order chi connectivity index (χ0) is 30.2. The Morgan fingerprint density at radius 1 is 1.00 bits per heavy atom. The molecule has 4 fully saturated rings. The minimum atomic E-state index is -1.40. The summed E-state index contributed by atoms with van der Waals surface area (Å²) in [6.45, 7) is 11.7. The standard InChI is InChI=1S/C36H60O6/c1-6-9-22(4)10-11-23(7-2)27-14-15-28-26-13-12-24-20-25(41-34-33(40)32(39)31(38)30(21-37)42-34)16-19-36(24,8-3)29(26)17-18-35(27,28)5/h10-12,22-23,25-34,37-40H,6-9,13-21H2,1-5H3/b11-10+/t22-,23+,25+,26-,27+,28+,29-,30+,31-,32+,33-,34+,35+,36+/m1/s1. The van der Waals surface area contributed by atoms with Crippen molar-refractivity contribution in [1.82, 2.24) is 0 Å². The first-order chi connectivity index (χ1) is 20.1. The van der Waals surface area contributed by atoms with Gasteiger partial charge in [0, 0.05) is 0 Å². The molecule has 1 heterocycles. The minimum Gasteiger partial charge on any atom is -0.394 e. The monoisotopic (exact) mass is 588 g/mol. The van der Waals surface area contributed by atoms with Gasteiger partial charge in [-0.1, -0.05) is 64.8 Å². The molecule has 0 bridgehead atoms. The van der Waals surface area contributed by atoms with Crippen LogP contribution in [0.3, 0.4) is 0 Å². The first-order valence-electron chi connectivity index (χ1n) is 17.5. The number of aliphatic hydroxyl groups is 4. The van der Waals surface area contributed by atoms with Gasteiger partial charge in [0.15, 0.2) is 6.29 Å². The van der Waals surface area contributed by atoms with Gasteiger partial charge < -0.3 is 29.9 Å². The molecule has 0 aromatic heterocycles. The van der Waals surface area contributed by atoms with Crippen LogP contribution in [0.25, 0.3) is 0 Å². The van der Waals surface area contributed by atoms with Crippen molar-refractivity contribution in [2.45, 2.75) is 148 Å². The van der Waals surface area contributed by atoms with Crippen LogP contribution in [0.4, 0.5) is 0 Å². The van der Waals surface area contributed by atoms with Gasteiger partial charge in [-0.2, -0.15) is 0 Å². The number of aliphatic hydroxyl groups excluding tert-OH is 4. The van der Waals surface area contributed by atoms with Crippen LogP contribution in [-0.4, -0.2) is 63.8 Å². The summed E-state index contributed by atoms with van der Waals surface area (Å²) >= 11 is 0. The largest absolute Gasteiger partial charge is 0.394 e. The topological polar surface area (TPSA) is 99.4 Å². The lowest BCUT2D eigenvalue weighted by atomic mass is 9.46. The fraction of sp³-hybridized carbons (Fsp3) is 0.889. The number of hydrogen-bond acceptors (Lipinski definition) is 6. The fourth-order valence-corrected chi connectivity index (χ4v) is 10.8. The molecule has 0 radical (unpaired) electrons. The molecule has 14 atom stereocenters. The Kier molecular flexibility index (Phi) is 10.3. The molecule has 4 aliphatic carbocycles. The van der Waals surface area contributed by atoms with Crippen molar-refractivity contribution in [3.63, 3.8) is 0 Å². The van der Waals surface area contributed by atoms with Gasteiger partial charge in [-0.15, -0.1) is 0 Å². The molecule has 0 aromatic rings. The van der Waals surface area contributed by atoms with E-state index in [1.54, 1.807) is 0 Å². The Morgan fingerprint density at radius 3 is 2.48 bits per heavy atom. The molecule has 42 heavy (non-hydrogen) atoms. The Labute approximate surface area is 255 Å². The number of allylic oxidation sites excluding steroid dienone is 3. The van der Waals surface area contributed by atoms with Crippen LogP contribution in [0.15, 0.2) is 23.8 Å². The van der Waals surface area contributed by atoms with Gasteiger partial charge in [0.1, 0.15) is 24.4 Å². The zero-order valence-corrected chi connectivity index (χ0v) is 27.0. The third-order valence-corrected chi connectivity index (χ3v) is 13.1. The molecule has 0 amide bonds. The van der Waals surface area contributed by atoms with Crippen molar-refractivity contribution in [2.24, 2.45) is 46.3 Å². The molecule has 0 unspecified atom stereocenters. The summed E-state index contributed by atoms with van der Waals surface area (Å²) < 4.78 is 12.0. The highest BCUT2D eigenvalue weighted by Gasteiger charge is 2.60. The lowest BCUT2D eigenvalue weighted by Gasteiger charge is -2.59. The maximum atomic E-state index is 10.5. The lowest BCUT2D eigenvalue weighted by Crippen LogP contribution is -2.60. The number of rotatable bonds is 10. The third kappa shape index (κ3) is 5.71. The predicted molar refractivity (Wildman–Crippen MR) is 165 cm³/mol. The summed E-state index contributed by atoms with van der Waals surface area (Å²) in [6, 6.07) is 0. The molecule has 3 saturated carbocycles. The maximum absolute atomic E-state index is 10.5. The lowest BCUT2D eigenvalue weighted by molar-refractivity contribution is -0.313. The van der Waals surface area contributed by atoms with E-state index in [9.17, 15) is 20.4 Å². The summed E-state index contributed by atoms with van der Waals surface area (Å²) in [5.74, 6) is 4.47. The molecule has 240 valence electrons. The smallest absolute Gasteiger partial charge is 0.186 e. The van der Waals surface area contributed by atoms with Crippen molar-refractivity contribution in [2.75, 3.05) is 6.61 Å². The molecule has 4 N–H and O–H groups in total. The first kappa shape index (κ1) is 32.6. The van der Waals surface area contributed by atoms with Gasteiger partial charge in [0.25, 0.3) is 0 Å². The van der Waals surface area contributed by atoms with E-state index >= 15 is 0 Å². The summed E-state index contributed by atoms with van der Waals surface area (Å²) in [5, 5.41) is 40.5. The van der Waals surface area contributed by atoms with E-state index in [0.29, 0.717) is 17.3 Å². The van der Waals surface area contributed by atoms with Crippen molar-refractivity contribution in [3.8, 4) is 0 Å². The summed E-state index contributed by atoms with van der Waals surface area (Å²) in [4.78, 5) is 0. The van der Waals surface area contributed by atoms with Crippen LogP contribution < -0.4 is 0 Å². The van der Waals surface area contributed by atoms with Crippen LogP contribution in [0.1, 0.15) is 112 Å². The van der Waals surface area contributed by atoms with Gasteiger partial charge in [-0.3, -0.25) is 0 Å². The van der Waals surface area contributed by atoms with Crippen molar-refractivity contribution >= 4 is 0 Å². The second kappa shape index (κ2) is 13.3. The number of fused-ring (bicyclic) bond motifs is 5. The third-order valence-electron chi connectivity index (χ3n) is 13.1. The van der Waals surface area contributed by atoms with Gasteiger partial charge in [0.05, 0.1) is 12.7 Å². The molecule has 5 aliphatic rings. The van der Waals surface area contributed by atoms with E-state index in [-0.39, 0.29) is 11.5 Å². The number of hydrogen-bond donors (Lipinski definition) is 4. The second-order valence-electron chi connectivity index (χ2n) is 15.0. The highest BCUT2D eigenvalue weighted by Crippen LogP contribution is 2.68. The van der Waals surface area contributed by atoms with Crippen molar-refractivity contribution in [3.05, 3.63) is 23.8 Å². The quantitative estimate of drug-likeness (QED) is 0.228. The SMILES string of the molecule is CCC[C@@H](C)/C=C/[C@H](CC)[C@@H]1CC[C@H]2[C@H]3CC=C4C[C@@H](O[C@H]5O[C@@H](CO)[C@@H](O)[C@H](O)[C@H]5O)CC[C@]4(CC)[C@@H]3CC[C@]21C. The van der Waals surface area contributed by atoms with E-state index < -0.39 is 37.3 Å². The Morgan fingerprint density at radius 2 is 1.79 bits per heavy atom. The van der Waals surface area contributed by atoms with Gasteiger partial charge in [0.2, 0.25) is 0 Å². The maximum Gasteiger partial charge on any atom is 0.186 e. The molecule has 0 aromatic carbocycles. The van der Waals surface area contributed by atoms with Crippen molar-refractivity contribution in [1.29, 1.82) is 0 Å². The molecule has 6 nitrogen and oxygen atoms in total. The Balaban J connectivity index is 1.29. The Hall–Kier alpha value is -0.760. The first-order valence-corrected chi connectivity index (χ1v) is 17.5. The van der Waals surface area contributed by atoms with E-state index in [1.165, 1.54) is 56.9 Å². The van der Waals surface area contributed by atoms with E-state index in [0.717, 1.165) is 49.4 Å². The molecular formula is C36H60O6. The average Bonchev–Trinajstić information content (AvgIpc) is 3.34. The molecule has 1 aliphatic heterocycles. The molecule has 6 heteroatoms. The minimum absolute atomic E-state index is 0.106. The predicted octanol–water partition coefficient (Wildman–Crippen LogP) is 6.16. The van der Waals surface area contributed by atoms with E-state index in [2.05, 4.69) is 52.8 Å². The molecule has 1 saturated heterocycles. The van der Waals surface area contributed by atoms with Crippen LogP contribution in [0.2, 0.25) is 0 Å². The average molecular weight is 589 g/mol. The van der Waals surface area contributed by atoms with E-state index in [4.69, 9.17) is 9.47 Å². The van der Waals surface area contributed by atoms with Crippen molar-refractivity contribution < 1.29 is 29.9 Å². The zero-order valence-electron chi connectivity index (χ0n) is 27.0. The number of ether oxygens (including phenoxy) is 2. The Bertz CT molecular complexity index is 963. The normalized spacial score (nSPS) is 46.9.